The maximum absolute atomic E-state index is 3.88. The van der Waals surface area contributed by atoms with Gasteiger partial charge in [-0.05, 0) is 0 Å². The minimum atomic E-state index is 0.840. The van der Waals surface area contributed by atoms with Crippen LogP contribution in [-0.4, -0.2) is 20.3 Å². The smallest absolute Gasteiger partial charge is 0.0704 e. The van der Waals surface area contributed by atoms with E-state index in [2.05, 4.69) is 26.1 Å². The molecule has 0 atom stereocenters. The molecule has 0 N–H and O–H groups in total. The van der Waals surface area contributed by atoms with Crippen LogP contribution in [0.25, 0.3) is 0 Å². The summed E-state index contributed by atoms with van der Waals surface area (Å²) in [5.41, 5.74) is 0. The summed E-state index contributed by atoms with van der Waals surface area (Å²) in [6, 6.07) is 0. The third kappa shape index (κ3) is 1.30. The fourth-order valence-electron chi connectivity index (χ4n) is 0.434. The Labute approximate surface area is 55.8 Å². The lowest BCUT2D eigenvalue weighted by atomic mass is 10.8. The van der Waals surface area contributed by atoms with Crippen molar-refractivity contribution >= 4 is 15.9 Å². The molecule has 0 fully saturated rings. The SMILES string of the molecule is BrCCn1nccn1. The number of aromatic nitrogens is 3. The van der Waals surface area contributed by atoms with Crippen LogP contribution in [0.1, 0.15) is 0 Å². The van der Waals surface area contributed by atoms with Gasteiger partial charge in [-0.1, -0.05) is 15.9 Å². The third-order valence-electron chi connectivity index (χ3n) is 0.751. The lowest BCUT2D eigenvalue weighted by Gasteiger charge is -1.89. The van der Waals surface area contributed by atoms with Crippen molar-refractivity contribution < 1.29 is 0 Å². The molecule has 0 aliphatic carbocycles. The molecule has 0 aliphatic rings. The zero-order valence-electron chi connectivity index (χ0n) is 4.29. The van der Waals surface area contributed by atoms with Gasteiger partial charge in [0.2, 0.25) is 0 Å². The predicted octanol–water partition coefficient (Wildman–Crippen LogP) is 0.673. The highest BCUT2D eigenvalue weighted by atomic mass is 79.9. The van der Waals surface area contributed by atoms with E-state index in [9.17, 15) is 0 Å². The molecular formula is C4H6BrN3. The van der Waals surface area contributed by atoms with Crippen molar-refractivity contribution in [1.82, 2.24) is 15.0 Å². The minimum Gasteiger partial charge on any atom is -0.184 e. The zero-order chi connectivity index (χ0) is 5.82. The largest absolute Gasteiger partial charge is 0.184 e. The molecule has 0 bridgehead atoms. The number of rotatable bonds is 2. The maximum Gasteiger partial charge on any atom is 0.0704 e. The lowest BCUT2D eigenvalue weighted by Crippen LogP contribution is -2.01. The van der Waals surface area contributed by atoms with Crippen molar-refractivity contribution in [1.29, 1.82) is 0 Å². The standard InChI is InChI=1S/C4H6BrN3/c5-1-4-8-6-2-3-7-8/h2-3H,1,4H2. The van der Waals surface area contributed by atoms with Gasteiger partial charge in [-0.3, -0.25) is 0 Å². The number of alkyl halides is 1. The first kappa shape index (κ1) is 5.75. The summed E-state index contributed by atoms with van der Waals surface area (Å²) in [7, 11) is 0. The molecule has 0 spiro atoms. The molecule has 0 unspecified atom stereocenters. The summed E-state index contributed by atoms with van der Waals surface area (Å²) in [6.07, 6.45) is 3.34. The van der Waals surface area contributed by atoms with Gasteiger partial charge in [-0.15, -0.1) is 0 Å². The Balaban J connectivity index is 2.50. The lowest BCUT2D eigenvalue weighted by molar-refractivity contribution is 0.577. The van der Waals surface area contributed by atoms with E-state index in [-0.39, 0.29) is 0 Å². The van der Waals surface area contributed by atoms with E-state index in [1.165, 1.54) is 0 Å². The highest BCUT2D eigenvalue weighted by Gasteiger charge is 1.84. The molecule has 0 amide bonds. The Hall–Kier alpha value is -0.380. The van der Waals surface area contributed by atoms with Gasteiger partial charge >= 0.3 is 0 Å². The molecule has 0 radical (unpaired) electrons. The highest BCUT2D eigenvalue weighted by Crippen LogP contribution is 1.82. The van der Waals surface area contributed by atoms with Crippen LogP contribution in [0, 0.1) is 0 Å². The van der Waals surface area contributed by atoms with E-state index >= 15 is 0 Å². The monoisotopic (exact) mass is 175 g/mol. The van der Waals surface area contributed by atoms with Gasteiger partial charge in [0.05, 0.1) is 18.9 Å². The van der Waals surface area contributed by atoms with Gasteiger partial charge in [0.25, 0.3) is 0 Å². The second-order valence-corrected chi connectivity index (χ2v) is 2.11. The summed E-state index contributed by atoms with van der Waals surface area (Å²) >= 11 is 3.27. The molecule has 4 heteroatoms. The van der Waals surface area contributed by atoms with Crippen LogP contribution in [0.4, 0.5) is 0 Å². The third-order valence-corrected chi connectivity index (χ3v) is 1.11. The fourth-order valence-corrected chi connectivity index (χ4v) is 0.752. The molecule has 3 nitrogen and oxygen atoms in total. The average molecular weight is 176 g/mol. The van der Waals surface area contributed by atoms with Crippen molar-refractivity contribution in [3.8, 4) is 0 Å². The molecule has 1 heterocycles. The van der Waals surface area contributed by atoms with E-state index in [0.717, 1.165) is 11.9 Å². The number of hydrogen-bond donors (Lipinski definition) is 0. The molecule has 0 aliphatic heterocycles. The van der Waals surface area contributed by atoms with E-state index in [0.29, 0.717) is 0 Å². The quantitative estimate of drug-likeness (QED) is 0.620. The molecule has 1 rings (SSSR count). The van der Waals surface area contributed by atoms with E-state index < -0.39 is 0 Å². The fraction of sp³-hybridized carbons (Fsp3) is 0.500. The number of hydrogen-bond acceptors (Lipinski definition) is 2. The van der Waals surface area contributed by atoms with Crippen molar-refractivity contribution in [3.63, 3.8) is 0 Å². The van der Waals surface area contributed by atoms with Crippen LogP contribution < -0.4 is 0 Å². The molecule has 8 heavy (non-hydrogen) atoms. The van der Waals surface area contributed by atoms with Crippen LogP contribution in [0.15, 0.2) is 12.4 Å². The summed E-state index contributed by atoms with van der Waals surface area (Å²) in [4.78, 5) is 1.63. The second-order valence-electron chi connectivity index (χ2n) is 1.31. The Morgan fingerprint density at radius 3 is 2.50 bits per heavy atom. The van der Waals surface area contributed by atoms with Crippen molar-refractivity contribution in [2.24, 2.45) is 0 Å². The van der Waals surface area contributed by atoms with Gasteiger partial charge in [-0.2, -0.15) is 15.0 Å². The molecule has 0 saturated heterocycles. The molecule has 0 saturated carbocycles. The van der Waals surface area contributed by atoms with Gasteiger partial charge in [0, 0.05) is 5.33 Å². The topological polar surface area (TPSA) is 30.7 Å². The molecule has 1 aromatic rings. The van der Waals surface area contributed by atoms with E-state index in [4.69, 9.17) is 0 Å². The second kappa shape index (κ2) is 2.81. The molecule has 44 valence electrons. The highest BCUT2D eigenvalue weighted by molar-refractivity contribution is 9.09. The Morgan fingerprint density at radius 1 is 1.38 bits per heavy atom. The van der Waals surface area contributed by atoms with Gasteiger partial charge < -0.3 is 0 Å². The number of halogens is 1. The van der Waals surface area contributed by atoms with Crippen LogP contribution in [0.3, 0.4) is 0 Å². The Bertz CT molecular complexity index is 137. The Kier molecular flexibility index (Phi) is 2.02. The summed E-state index contributed by atoms with van der Waals surface area (Å²) < 4.78 is 0. The van der Waals surface area contributed by atoms with Crippen LogP contribution in [0.5, 0.6) is 0 Å². The first-order valence-corrected chi connectivity index (χ1v) is 3.45. The van der Waals surface area contributed by atoms with Crippen molar-refractivity contribution in [2.75, 3.05) is 5.33 Å². The predicted molar refractivity (Wildman–Crippen MR) is 33.8 cm³/mol. The first-order valence-electron chi connectivity index (χ1n) is 2.33. The minimum absolute atomic E-state index is 0.840. The summed E-state index contributed by atoms with van der Waals surface area (Å²) in [5.74, 6) is 0. The molecular weight excluding hydrogens is 170 g/mol. The van der Waals surface area contributed by atoms with Crippen LogP contribution >= 0.6 is 15.9 Å². The Morgan fingerprint density at radius 2 is 2.00 bits per heavy atom. The van der Waals surface area contributed by atoms with E-state index in [1.807, 2.05) is 0 Å². The molecule has 0 aromatic carbocycles. The van der Waals surface area contributed by atoms with Gasteiger partial charge in [0.1, 0.15) is 0 Å². The van der Waals surface area contributed by atoms with Crippen molar-refractivity contribution in [2.45, 2.75) is 6.54 Å². The normalized spacial score (nSPS) is 9.62. The summed E-state index contributed by atoms with van der Waals surface area (Å²) in [6.45, 7) is 0.840. The van der Waals surface area contributed by atoms with E-state index in [1.54, 1.807) is 17.2 Å². The van der Waals surface area contributed by atoms with Gasteiger partial charge in [-0.25, -0.2) is 0 Å². The first-order chi connectivity index (χ1) is 3.93. The maximum atomic E-state index is 3.88. The van der Waals surface area contributed by atoms with Crippen molar-refractivity contribution in [3.05, 3.63) is 12.4 Å². The number of nitrogens with zero attached hydrogens (tertiary/aromatic N) is 3. The van der Waals surface area contributed by atoms with Crippen LogP contribution in [-0.2, 0) is 6.54 Å². The zero-order valence-corrected chi connectivity index (χ0v) is 5.87. The number of aryl methyl sites for hydroxylation is 1. The summed E-state index contributed by atoms with van der Waals surface area (Å²) in [5, 5.41) is 8.67. The van der Waals surface area contributed by atoms with Gasteiger partial charge in [0.15, 0.2) is 0 Å². The van der Waals surface area contributed by atoms with Crippen LogP contribution in [0.2, 0.25) is 0 Å². The average Bonchev–Trinajstić information content (AvgIpc) is 2.19. The molecule has 1 aromatic heterocycles.